The Hall–Kier alpha value is -3.52. The number of para-hydroxylation sites is 1. The van der Waals surface area contributed by atoms with Gasteiger partial charge in [-0.1, -0.05) is 28.9 Å². The fourth-order valence-electron chi connectivity index (χ4n) is 2.73. The number of hydrogen-bond donors (Lipinski definition) is 0. The number of ether oxygens (including phenoxy) is 4. The van der Waals surface area contributed by atoms with Gasteiger partial charge in [0, 0.05) is 6.08 Å². The van der Waals surface area contributed by atoms with Crippen LogP contribution in [0.1, 0.15) is 18.4 Å². The molecule has 3 rings (SSSR count). The molecule has 0 bridgehead atoms. The number of hydrogen-bond acceptors (Lipinski definition) is 8. The van der Waals surface area contributed by atoms with E-state index in [9.17, 15) is 4.79 Å². The van der Waals surface area contributed by atoms with Gasteiger partial charge < -0.3 is 23.5 Å². The van der Waals surface area contributed by atoms with E-state index in [4.69, 9.17) is 35.1 Å². The summed E-state index contributed by atoms with van der Waals surface area (Å²) in [6, 6.07) is 10.7. The van der Waals surface area contributed by atoms with Crippen molar-refractivity contribution in [2.75, 3.05) is 20.8 Å². The summed E-state index contributed by atoms with van der Waals surface area (Å²) >= 11 is 6.16. The summed E-state index contributed by atoms with van der Waals surface area (Å²) in [6.07, 6.45) is 2.81. The zero-order valence-electron chi connectivity index (χ0n) is 17.3. The second kappa shape index (κ2) is 10.5. The first-order valence-corrected chi connectivity index (χ1v) is 9.74. The molecule has 0 unspecified atom stereocenters. The van der Waals surface area contributed by atoms with E-state index in [1.165, 1.54) is 20.3 Å². The van der Waals surface area contributed by atoms with Gasteiger partial charge in [0.1, 0.15) is 5.75 Å². The van der Waals surface area contributed by atoms with Crippen molar-refractivity contribution in [3.8, 4) is 28.6 Å². The lowest BCUT2D eigenvalue weighted by Crippen LogP contribution is -2.01. The number of aromatic nitrogens is 2. The maximum absolute atomic E-state index is 12.1. The zero-order valence-corrected chi connectivity index (χ0v) is 18.0. The molecule has 0 radical (unpaired) electrons. The van der Waals surface area contributed by atoms with Crippen LogP contribution in [0, 0.1) is 0 Å². The molecule has 0 fully saturated rings. The van der Waals surface area contributed by atoms with Crippen LogP contribution >= 0.6 is 11.6 Å². The molecular formula is C22H21ClN2O6. The molecule has 0 atom stereocenters. The minimum absolute atomic E-state index is 0.164. The van der Waals surface area contributed by atoms with Crippen LogP contribution in [0.2, 0.25) is 5.02 Å². The first-order chi connectivity index (χ1) is 15.0. The second-order valence-corrected chi connectivity index (χ2v) is 6.53. The highest BCUT2D eigenvalue weighted by Crippen LogP contribution is 2.36. The molecule has 1 heterocycles. The number of halogens is 1. The maximum Gasteiger partial charge on any atom is 0.331 e. The lowest BCUT2D eigenvalue weighted by molar-refractivity contribution is -0.139. The molecule has 0 amide bonds. The van der Waals surface area contributed by atoms with Crippen molar-refractivity contribution < 1.29 is 28.3 Å². The standard InChI is InChI=1S/C22H21ClN2O6/c1-4-29-17-8-6-5-7-15(17)22-24-19(31-25-22)13-30-20(26)10-9-14-11-16(23)21(28-3)18(12-14)27-2/h5-12H,4,13H2,1-3H3/b10-9+. The molecule has 0 aliphatic heterocycles. The van der Waals surface area contributed by atoms with Crippen LogP contribution in [0.15, 0.2) is 47.0 Å². The Morgan fingerprint density at radius 2 is 1.97 bits per heavy atom. The summed E-state index contributed by atoms with van der Waals surface area (Å²) < 4.78 is 26.3. The number of carbonyl (C=O) groups is 1. The fraction of sp³-hybridized carbons (Fsp3) is 0.227. The predicted molar refractivity (Wildman–Crippen MR) is 114 cm³/mol. The molecule has 31 heavy (non-hydrogen) atoms. The van der Waals surface area contributed by atoms with Gasteiger partial charge in [0.25, 0.3) is 5.89 Å². The number of methoxy groups -OCH3 is 2. The van der Waals surface area contributed by atoms with E-state index in [0.717, 1.165) is 0 Å². The van der Waals surface area contributed by atoms with Crippen molar-refractivity contribution in [3.05, 3.63) is 59.0 Å². The van der Waals surface area contributed by atoms with Crippen molar-refractivity contribution in [2.45, 2.75) is 13.5 Å². The first-order valence-electron chi connectivity index (χ1n) is 9.36. The molecule has 8 nitrogen and oxygen atoms in total. The smallest absolute Gasteiger partial charge is 0.331 e. The maximum atomic E-state index is 12.1. The molecule has 3 aromatic rings. The molecule has 0 saturated carbocycles. The normalized spacial score (nSPS) is 10.8. The lowest BCUT2D eigenvalue weighted by atomic mass is 10.2. The number of nitrogens with zero attached hydrogens (tertiary/aromatic N) is 2. The van der Waals surface area contributed by atoms with Crippen molar-refractivity contribution >= 4 is 23.6 Å². The molecule has 0 N–H and O–H groups in total. The van der Waals surface area contributed by atoms with E-state index in [-0.39, 0.29) is 12.5 Å². The fourth-order valence-corrected chi connectivity index (χ4v) is 3.03. The van der Waals surface area contributed by atoms with Gasteiger partial charge in [0.2, 0.25) is 5.82 Å². The van der Waals surface area contributed by atoms with Crippen LogP contribution in [0.25, 0.3) is 17.5 Å². The largest absolute Gasteiger partial charge is 0.493 e. The van der Waals surface area contributed by atoms with Crippen LogP contribution in [-0.4, -0.2) is 36.9 Å². The van der Waals surface area contributed by atoms with Gasteiger partial charge in [-0.05, 0) is 42.8 Å². The zero-order chi connectivity index (χ0) is 22.2. The molecule has 0 saturated heterocycles. The van der Waals surface area contributed by atoms with Gasteiger partial charge >= 0.3 is 5.97 Å². The van der Waals surface area contributed by atoms with Crippen molar-refractivity contribution in [2.24, 2.45) is 0 Å². The summed E-state index contributed by atoms with van der Waals surface area (Å²) in [6.45, 7) is 2.23. The third-order valence-electron chi connectivity index (χ3n) is 4.10. The molecule has 0 aliphatic carbocycles. The quantitative estimate of drug-likeness (QED) is 0.350. The molecule has 2 aromatic carbocycles. The van der Waals surface area contributed by atoms with E-state index in [1.807, 2.05) is 31.2 Å². The molecular weight excluding hydrogens is 424 g/mol. The lowest BCUT2D eigenvalue weighted by Gasteiger charge is -2.10. The summed E-state index contributed by atoms with van der Waals surface area (Å²) in [5.74, 6) is 1.45. The molecule has 9 heteroatoms. The van der Waals surface area contributed by atoms with Gasteiger partial charge in [-0.3, -0.25) is 0 Å². The van der Waals surface area contributed by atoms with E-state index in [1.54, 1.807) is 18.2 Å². The van der Waals surface area contributed by atoms with Crippen LogP contribution in [-0.2, 0) is 16.1 Å². The Bertz CT molecular complexity index is 1080. The summed E-state index contributed by atoms with van der Waals surface area (Å²) in [7, 11) is 3.00. The van der Waals surface area contributed by atoms with Gasteiger partial charge in [0.15, 0.2) is 18.1 Å². The average molecular weight is 445 g/mol. The van der Waals surface area contributed by atoms with Gasteiger partial charge in [0.05, 0.1) is 31.4 Å². The topological polar surface area (TPSA) is 92.9 Å². The van der Waals surface area contributed by atoms with E-state index >= 15 is 0 Å². The van der Waals surface area contributed by atoms with Crippen LogP contribution in [0.3, 0.4) is 0 Å². The number of carbonyl (C=O) groups excluding carboxylic acids is 1. The number of esters is 1. The number of benzene rings is 2. The van der Waals surface area contributed by atoms with Crippen molar-refractivity contribution in [3.63, 3.8) is 0 Å². The van der Waals surface area contributed by atoms with E-state index < -0.39 is 5.97 Å². The summed E-state index contributed by atoms with van der Waals surface area (Å²) in [5, 5.41) is 4.29. The Morgan fingerprint density at radius 3 is 2.71 bits per heavy atom. The van der Waals surface area contributed by atoms with Gasteiger partial charge in [-0.15, -0.1) is 0 Å². The monoisotopic (exact) mass is 444 g/mol. The Morgan fingerprint density at radius 1 is 1.16 bits per heavy atom. The summed E-state index contributed by atoms with van der Waals surface area (Å²) in [5.41, 5.74) is 1.34. The molecule has 0 spiro atoms. The highest BCUT2D eigenvalue weighted by atomic mass is 35.5. The highest BCUT2D eigenvalue weighted by molar-refractivity contribution is 6.32. The Labute approximate surface area is 184 Å². The van der Waals surface area contributed by atoms with E-state index in [2.05, 4.69) is 10.1 Å². The number of rotatable bonds is 9. The molecule has 1 aromatic heterocycles. The SMILES string of the molecule is CCOc1ccccc1-c1noc(COC(=O)/C=C/c2cc(Cl)c(OC)c(OC)c2)n1. The third-order valence-corrected chi connectivity index (χ3v) is 4.38. The van der Waals surface area contributed by atoms with Crippen molar-refractivity contribution in [1.82, 2.24) is 10.1 Å². The molecule has 162 valence electrons. The second-order valence-electron chi connectivity index (χ2n) is 6.12. The Kier molecular flexibility index (Phi) is 7.50. The predicted octanol–water partition coefficient (Wildman–Crippen LogP) is 4.56. The summed E-state index contributed by atoms with van der Waals surface area (Å²) in [4.78, 5) is 16.3. The highest BCUT2D eigenvalue weighted by Gasteiger charge is 2.14. The van der Waals surface area contributed by atoms with Crippen LogP contribution in [0.5, 0.6) is 17.2 Å². The Balaban J connectivity index is 1.63. The van der Waals surface area contributed by atoms with Crippen LogP contribution in [0.4, 0.5) is 0 Å². The molecule has 0 aliphatic rings. The van der Waals surface area contributed by atoms with Crippen LogP contribution < -0.4 is 14.2 Å². The van der Waals surface area contributed by atoms with Crippen molar-refractivity contribution in [1.29, 1.82) is 0 Å². The average Bonchev–Trinajstić information content (AvgIpc) is 3.25. The minimum Gasteiger partial charge on any atom is -0.493 e. The van der Waals surface area contributed by atoms with Gasteiger partial charge in [-0.2, -0.15) is 4.98 Å². The first kappa shape index (κ1) is 22.2. The minimum atomic E-state index is -0.583. The third kappa shape index (κ3) is 5.55. The van der Waals surface area contributed by atoms with E-state index in [0.29, 0.717) is 45.8 Å². The van der Waals surface area contributed by atoms with Gasteiger partial charge in [-0.25, -0.2) is 4.79 Å².